The van der Waals surface area contributed by atoms with Gasteiger partial charge in [-0.2, -0.15) is 0 Å². The maximum Gasteiger partial charge on any atom is 0.0702 e. The van der Waals surface area contributed by atoms with Crippen LogP contribution in [0.4, 0.5) is 0 Å². The molecule has 0 aliphatic heterocycles. The van der Waals surface area contributed by atoms with Gasteiger partial charge in [-0.1, -0.05) is 28.1 Å². The molecular weight excluding hydrogens is 304 g/mol. The van der Waals surface area contributed by atoms with Crippen LogP contribution in [0.5, 0.6) is 0 Å². The highest BCUT2D eigenvalue weighted by atomic mass is 79.9. The molecule has 0 N–H and O–H groups in total. The number of methoxy groups -OCH3 is 1. The van der Waals surface area contributed by atoms with E-state index in [9.17, 15) is 0 Å². The van der Waals surface area contributed by atoms with Crippen molar-refractivity contribution in [3.05, 3.63) is 42.1 Å². The lowest BCUT2D eigenvalue weighted by atomic mass is 10.1. The van der Waals surface area contributed by atoms with Crippen LogP contribution in [-0.4, -0.2) is 42.0 Å². The van der Waals surface area contributed by atoms with Crippen molar-refractivity contribution in [2.75, 3.05) is 27.3 Å². The maximum absolute atomic E-state index is 5.13. The molecule has 1 unspecified atom stereocenters. The number of alkyl halides is 1. The van der Waals surface area contributed by atoms with E-state index in [0.717, 1.165) is 25.2 Å². The minimum Gasteiger partial charge on any atom is -0.383 e. The van der Waals surface area contributed by atoms with Gasteiger partial charge in [0.1, 0.15) is 0 Å². The summed E-state index contributed by atoms with van der Waals surface area (Å²) in [6.07, 6.45) is 1.83. The number of rotatable bonds is 6. The van der Waals surface area contributed by atoms with E-state index < -0.39 is 0 Å². The molecule has 0 bridgehead atoms. The van der Waals surface area contributed by atoms with E-state index in [4.69, 9.17) is 4.74 Å². The smallest absolute Gasteiger partial charge is 0.0702 e. The SMILES string of the molecule is COCC(Br)CN(C)Cc1ccc2ncccc2c1. The van der Waals surface area contributed by atoms with E-state index in [1.807, 2.05) is 12.3 Å². The van der Waals surface area contributed by atoms with Crippen LogP contribution in [0.25, 0.3) is 10.9 Å². The van der Waals surface area contributed by atoms with Crippen LogP contribution < -0.4 is 0 Å². The fraction of sp³-hybridized carbons (Fsp3) is 0.400. The van der Waals surface area contributed by atoms with Gasteiger partial charge >= 0.3 is 0 Å². The van der Waals surface area contributed by atoms with E-state index in [1.165, 1.54) is 10.9 Å². The van der Waals surface area contributed by atoms with Crippen molar-refractivity contribution in [1.82, 2.24) is 9.88 Å². The highest BCUT2D eigenvalue weighted by Crippen LogP contribution is 2.15. The van der Waals surface area contributed by atoms with Gasteiger partial charge in [-0.15, -0.1) is 0 Å². The summed E-state index contributed by atoms with van der Waals surface area (Å²) in [4.78, 5) is 6.99. The first-order valence-electron chi connectivity index (χ1n) is 6.34. The Morgan fingerprint density at radius 2 is 2.21 bits per heavy atom. The molecule has 19 heavy (non-hydrogen) atoms. The van der Waals surface area contributed by atoms with Crippen molar-refractivity contribution >= 4 is 26.8 Å². The number of hydrogen-bond donors (Lipinski definition) is 0. The van der Waals surface area contributed by atoms with Gasteiger partial charge in [-0.3, -0.25) is 4.98 Å². The molecular formula is C15H19BrN2O. The molecule has 0 spiro atoms. The Bertz CT molecular complexity index is 532. The van der Waals surface area contributed by atoms with E-state index in [-0.39, 0.29) is 0 Å². The molecule has 1 aromatic carbocycles. The minimum absolute atomic E-state index is 0.365. The van der Waals surface area contributed by atoms with Crippen LogP contribution in [0.2, 0.25) is 0 Å². The molecule has 0 saturated heterocycles. The van der Waals surface area contributed by atoms with Gasteiger partial charge in [0.15, 0.2) is 0 Å². The lowest BCUT2D eigenvalue weighted by molar-refractivity contribution is 0.185. The number of halogens is 1. The van der Waals surface area contributed by atoms with Crippen LogP contribution in [0.3, 0.4) is 0 Å². The number of fused-ring (bicyclic) bond motifs is 1. The standard InChI is InChI=1S/C15H19BrN2O/c1-18(10-14(16)11-19-2)9-12-5-6-15-13(8-12)4-3-7-17-15/h3-8,14H,9-11H2,1-2H3. The molecule has 0 saturated carbocycles. The zero-order valence-corrected chi connectivity index (χ0v) is 12.9. The molecule has 0 amide bonds. The second-order valence-electron chi connectivity index (χ2n) is 4.78. The second kappa shape index (κ2) is 6.98. The topological polar surface area (TPSA) is 25.4 Å². The first kappa shape index (κ1) is 14.4. The van der Waals surface area contributed by atoms with Crippen molar-refractivity contribution in [2.24, 2.45) is 0 Å². The van der Waals surface area contributed by atoms with Crippen LogP contribution in [0.1, 0.15) is 5.56 Å². The number of ether oxygens (including phenoxy) is 1. The predicted molar refractivity (Wildman–Crippen MR) is 82.7 cm³/mol. The Labute approximate surface area is 122 Å². The molecule has 0 aliphatic carbocycles. The molecule has 0 radical (unpaired) electrons. The fourth-order valence-corrected chi connectivity index (χ4v) is 2.93. The third kappa shape index (κ3) is 4.27. The molecule has 2 aromatic rings. The van der Waals surface area contributed by atoms with Crippen LogP contribution in [-0.2, 0) is 11.3 Å². The Balaban J connectivity index is 2.00. The largest absolute Gasteiger partial charge is 0.383 e. The van der Waals surface area contributed by atoms with Crippen LogP contribution >= 0.6 is 15.9 Å². The molecule has 4 heteroatoms. The Morgan fingerprint density at radius 3 is 3.00 bits per heavy atom. The highest BCUT2D eigenvalue weighted by Gasteiger charge is 2.08. The quantitative estimate of drug-likeness (QED) is 0.764. The van der Waals surface area contributed by atoms with Gasteiger partial charge in [0.2, 0.25) is 0 Å². The van der Waals surface area contributed by atoms with Crippen molar-refractivity contribution in [1.29, 1.82) is 0 Å². The molecule has 1 heterocycles. The van der Waals surface area contributed by atoms with Crippen molar-refractivity contribution in [2.45, 2.75) is 11.4 Å². The molecule has 102 valence electrons. The number of nitrogens with zero attached hydrogens (tertiary/aromatic N) is 2. The Kier molecular flexibility index (Phi) is 5.31. The zero-order valence-electron chi connectivity index (χ0n) is 11.3. The lowest BCUT2D eigenvalue weighted by Gasteiger charge is -2.20. The summed E-state index contributed by atoms with van der Waals surface area (Å²) >= 11 is 3.62. The summed E-state index contributed by atoms with van der Waals surface area (Å²) in [7, 11) is 3.85. The maximum atomic E-state index is 5.13. The average Bonchev–Trinajstić information content (AvgIpc) is 2.38. The molecule has 2 rings (SSSR count). The number of hydrogen-bond acceptors (Lipinski definition) is 3. The van der Waals surface area contributed by atoms with Crippen molar-refractivity contribution in [3.63, 3.8) is 0 Å². The van der Waals surface area contributed by atoms with Gasteiger partial charge in [-0.25, -0.2) is 0 Å². The monoisotopic (exact) mass is 322 g/mol. The number of benzene rings is 1. The van der Waals surface area contributed by atoms with Gasteiger partial charge < -0.3 is 9.64 Å². The van der Waals surface area contributed by atoms with Crippen LogP contribution in [0.15, 0.2) is 36.5 Å². The zero-order chi connectivity index (χ0) is 13.7. The fourth-order valence-electron chi connectivity index (χ4n) is 2.17. The van der Waals surface area contributed by atoms with Gasteiger partial charge in [0.25, 0.3) is 0 Å². The highest BCUT2D eigenvalue weighted by molar-refractivity contribution is 9.09. The first-order valence-corrected chi connectivity index (χ1v) is 7.26. The molecule has 1 aromatic heterocycles. The Morgan fingerprint density at radius 1 is 1.37 bits per heavy atom. The second-order valence-corrected chi connectivity index (χ2v) is 6.07. The summed E-state index contributed by atoms with van der Waals surface area (Å²) in [6.45, 7) is 2.61. The van der Waals surface area contributed by atoms with E-state index in [0.29, 0.717) is 4.83 Å². The summed E-state index contributed by atoms with van der Waals surface area (Å²) in [5.41, 5.74) is 2.35. The van der Waals surface area contributed by atoms with Crippen molar-refractivity contribution in [3.8, 4) is 0 Å². The summed E-state index contributed by atoms with van der Waals surface area (Å²) < 4.78 is 5.13. The molecule has 3 nitrogen and oxygen atoms in total. The van der Waals surface area contributed by atoms with Crippen LogP contribution in [0, 0.1) is 0 Å². The minimum atomic E-state index is 0.365. The Hall–Kier alpha value is -0.970. The van der Waals surface area contributed by atoms with Gasteiger partial charge in [0.05, 0.1) is 17.0 Å². The first-order chi connectivity index (χ1) is 9.19. The molecule has 0 aliphatic rings. The van der Waals surface area contributed by atoms with E-state index >= 15 is 0 Å². The number of pyridine rings is 1. The van der Waals surface area contributed by atoms with E-state index in [1.54, 1.807) is 7.11 Å². The summed E-state index contributed by atoms with van der Waals surface area (Å²) in [5.74, 6) is 0. The lowest BCUT2D eigenvalue weighted by Crippen LogP contribution is -2.27. The normalized spacial score (nSPS) is 13.1. The average molecular weight is 323 g/mol. The van der Waals surface area contributed by atoms with Gasteiger partial charge in [0, 0.05) is 31.8 Å². The van der Waals surface area contributed by atoms with Crippen molar-refractivity contribution < 1.29 is 4.74 Å². The number of aromatic nitrogens is 1. The summed E-state index contributed by atoms with van der Waals surface area (Å²) in [6, 6.07) is 10.5. The van der Waals surface area contributed by atoms with Gasteiger partial charge in [-0.05, 0) is 30.8 Å². The van der Waals surface area contributed by atoms with E-state index in [2.05, 4.69) is 57.1 Å². The third-order valence-electron chi connectivity index (χ3n) is 2.98. The molecule has 0 fully saturated rings. The summed E-state index contributed by atoms with van der Waals surface area (Å²) in [5, 5.41) is 1.20. The predicted octanol–water partition coefficient (Wildman–Crippen LogP) is 3.08. The third-order valence-corrected chi connectivity index (χ3v) is 3.53. The molecule has 1 atom stereocenters.